The first-order chi connectivity index (χ1) is 15.1. The molecule has 0 saturated heterocycles. The molecule has 0 spiro atoms. The van der Waals surface area contributed by atoms with Crippen molar-refractivity contribution in [1.82, 2.24) is 0 Å². The van der Waals surface area contributed by atoms with Crippen LogP contribution in [0.4, 0.5) is 0 Å². The van der Waals surface area contributed by atoms with Crippen LogP contribution in [0.3, 0.4) is 0 Å². The number of carbonyl (C=O) groups excluding carboxylic acids is 1. The summed E-state index contributed by atoms with van der Waals surface area (Å²) in [4.78, 5) is 13.2. The van der Waals surface area contributed by atoms with Gasteiger partial charge in [-0.25, -0.2) is 0 Å². The molecule has 2 aromatic rings. The van der Waals surface area contributed by atoms with Gasteiger partial charge in [-0.3, -0.25) is 4.79 Å². The Hall–Kier alpha value is -3.06. The van der Waals surface area contributed by atoms with E-state index in [0.717, 1.165) is 36.1 Å². The van der Waals surface area contributed by atoms with E-state index in [2.05, 4.69) is 6.07 Å². The van der Waals surface area contributed by atoms with Crippen molar-refractivity contribution in [2.75, 3.05) is 7.11 Å². The molecule has 4 bridgehead atoms. The number of allylic oxidation sites excluding steroid dienone is 1. The quantitative estimate of drug-likeness (QED) is 0.266. The van der Waals surface area contributed by atoms with Gasteiger partial charge in [-0.05, 0) is 110 Å². The second kappa shape index (κ2) is 7.89. The van der Waals surface area contributed by atoms with Crippen molar-refractivity contribution in [3.63, 3.8) is 0 Å². The Morgan fingerprint density at radius 1 is 1.00 bits per heavy atom. The molecular weight excluding hydrogens is 386 g/mol. The Morgan fingerprint density at radius 3 is 2.23 bits per heavy atom. The molecular formula is C27H27NO3. The van der Waals surface area contributed by atoms with Gasteiger partial charge in [0, 0.05) is 0 Å². The second-order valence-corrected chi connectivity index (χ2v) is 9.56. The van der Waals surface area contributed by atoms with Crippen LogP contribution in [0.2, 0.25) is 0 Å². The predicted octanol–water partition coefficient (Wildman–Crippen LogP) is 5.88. The molecule has 4 aliphatic carbocycles. The molecule has 0 aliphatic heterocycles. The van der Waals surface area contributed by atoms with E-state index in [-0.39, 0.29) is 11.4 Å². The van der Waals surface area contributed by atoms with Gasteiger partial charge in [-0.2, -0.15) is 5.26 Å². The minimum atomic E-state index is -0.276. The molecule has 0 amide bonds. The van der Waals surface area contributed by atoms with Gasteiger partial charge in [0.2, 0.25) is 0 Å². The number of hydrogen-bond donors (Lipinski definition) is 0. The highest BCUT2D eigenvalue weighted by Gasteiger charge is 2.55. The Kier molecular flexibility index (Phi) is 5.06. The summed E-state index contributed by atoms with van der Waals surface area (Å²) in [5.41, 5.74) is 1.93. The molecule has 0 atom stereocenters. The smallest absolute Gasteiger partial charge is 0.317 e. The highest BCUT2D eigenvalue weighted by molar-refractivity contribution is 5.90. The van der Waals surface area contributed by atoms with Crippen LogP contribution in [0.5, 0.6) is 11.5 Å². The van der Waals surface area contributed by atoms with Gasteiger partial charge >= 0.3 is 5.97 Å². The number of methoxy groups -OCH3 is 1. The van der Waals surface area contributed by atoms with E-state index < -0.39 is 0 Å². The molecule has 0 heterocycles. The molecule has 0 N–H and O–H groups in total. The lowest BCUT2D eigenvalue weighted by molar-refractivity contribution is -0.161. The van der Waals surface area contributed by atoms with Crippen LogP contribution in [0.25, 0.3) is 11.6 Å². The van der Waals surface area contributed by atoms with E-state index in [1.165, 1.54) is 19.3 Å². The lowest BCUT2D eigenvalue weighted by Gasteiger charge is -2.55. The zero-order valence-corrected chi connectivity index (χ0v) is 17.8. The monoisotopic (exact) mass is 413 g/mol. The highest BCUT2D eigenvalue weighted by Crippen LogP contribution is 2.60. The van der Waals surface area contributed by atoms with Gasteiger partial charge in [0.05, 0.1) is 24.2 Å². The summed E-state index contributed by atoms with van der Waals surface area (Å²) in [5, 5.41) is 9.64. The maximum atomic E-state index is 13.2. The first-order valence-corrected chi connectivity index (χ1v) is 11.2. The third-order valence-corrected chi connectivity index (χ3v) is 7.37. The molecule has 2 aromatic carbocycles. The van der Waals surface area contributed by atoms with E-state index >= 15 is 0 Å². The molecule has 0 radical (unpaired) electrons. The number of ether oxygens (including phenoxy) is 2. The molecule has 4 fully saturated rings. The van der Waals surface area contributed by atoms with Crippen molar-refractivity contribution in [2.45, 2.75) is 38.5 Å². The fraction of sp³-hybridized carbons (Fsp3) is 0.407. The van der Waals surface area contributed by atoms with Gasteiger partial charge in [0.15, 0.2) is 0 Å². The maximum Gasteiger partial charge on any atom is 0.317 e. The summed E-state index contributed by atoms with van der Waals surface area (Å²) in [6.45, 7) is 0. The van der Waals surface area contributed by atoms with Gasteiger partial charge in [0.25, 0.3) is 0 Å². The normalized spacial score (nSPS) is 28.8. The number of benzene rings is 2. The molecule has 6 rings (SSSR count). The molecule has 158 valence electrons. The third-order valence-electron chi connectivity index (χ3n) is 7.37. The highest BCUT2D eigenvalue weighted by atomic mass is 16.5. The summed E-state index contributed by atoms with van der Waals surface area (Å²) < 4.78 is 11.1. The number of nitrogens with zero attached hydrogens (tertiary/aromatic N) is 1. The van der Waals surface area contributed by atoms with Crippen molar-refractivity contribution >= 4 is 17.6 Å². The van der Waals surface area contributed by atoms with Gasteiger partial charge in [-0.1, -0.05) is 12.1 Å². The zero-order valence-electron chi connectivity index (χ0n) is 17.8. The Balaban J connectivity index is 1.35. The maximum absolute atomic E-state index is 13.2. The average molecular weight is 414 g/mol. The molecule has 4 heteroatoms. The fourth-order valence-corrected chi connectivity index (χ4v) is 6.36. The Morgan fingerprint density at radius 2 is 1.65 bits per heavy atom. The van der Waals surface area contributed by atoms with Crippen molar-refractivity contribution in [1.29, 1.82) is 5.26 Å². The Labute approximate surface area is 183 Å². The number of rotatable bonds is 5. The largest absolute Gasteiger partial charge is 0.497 e. The van der Waals surface area contributed by atoms with Gasteiger partial charge < -0.3 is 9.47 Å². The predicted molar refractivity (Wildman–Crippen MR) is 119 cm³/mol. The van der Waals surface area contributed by atoms with Crippen LogP contribution < -0.4 is 9.47 Å². The van der Waals surface area contributed by atoms with Crippen molar-refractivity contribution in [2.24, 2.45) is 23.2 Å². The molecule has 4 nitrogen and oxygen atoms in total. The molecule has 31 heavy (non-hydrogen) atoms. The zero-order chi connectivity index (χ0) is 21.4. The number of hydrogen-bond acceptors (Lipinski definition) is 4. The van der Waals surface area contributed by atoms with Crippen molar-refractivity contribution in [3.8, 4) is 17.6 Å². The first kappa shape index (κ1) is 19.9. The van der Waals surface area contributed by atoms with E-state index in [4.69, 9.17) is 9.47 Å². The first-order valence-electron chi connectivity index (χ1n) is 11.2. The number of nitriles is 1. The van der Waals surface area contributed by atoms with Crippen molar-refractivity contribution < 1.29 is 14.3 Å². The lowest BCUT2D eigenvalue weighted by Crippen LogP contribution is -2.51. The average Bonchev–Trinajstić information content (AvgIpc) is 2.77. The molecule has 0 aromatic heterocycles. The molecule has 0 unspecified atom stereocenters. The second-order valence-electron chi connectivity index (χ2n) is 9.56. The summed E-state index contributed by atoms with van der Waals surface area (Å²) >= 11 is 0. The van der Waals surface area contributed by atoms with Crippen LogP contribution in [0.15, 0.2) is 48.5 Å². The summed E-state index contributed by atoms with van der Waals surface area (Å²) in [6.07, 6.45) is 8.71. The van der Waals surface area contributed by atoms with E-state index in [1.54, 1.807) is 7.11 Å². The van der Waals surface area contributed by atoms with Crippen LogP contribution in [0, 0.1) is 34.5 Å². The van der Waals surface area contributed by atoms with E-state index in [9.17, 15) is 10.1 Å². The topological polar surface area (TPSA) is 59.3 Å². The number of esters is 1. The SMILES string of the molecule is COc1ccc(/C(C#N)=C\c2cccc(OC(=O)C34CC5CC(CC(C5)C3)C4)c2)cc1. The van der Waals surface area contributed by atoms with E-state index in [1.807, 2.05) is 54.6 Å². The Bertz CT molecular complexity index is 1030. The fourth-order valence-electron chi connectivity index (χ4n) is 6.36. The molecule has 4 saturated carbocycles. The van der Waals surface area contributed by atoms with Crippen LogP contribution in [-0.2, 0) is 4.79 Å². The van der Waals surface area contributed by atoms with Crippen LogP contribution in [-0.4, -0.2) is 13.1 Å². The summed E-state index contributed by atoms with van der Waals surface area (Å²) in [6, 6.07) is 17.1. The molecule has 4 aliphatic rings. The van der Waals surface area contributed by atoms with Crippen LogP contribution >= 0.6 is 0 Å². The van der Waals surface area contributed by atoms with Crippen LogP contribution in [0.1, 0.15) is 49.7 Å². The standard InChI is InChI=1S/C27H27NO3/c1-30-24-7-5-22(6-8-24)23(17-28)12-18-3-2-4-25(13-18)31-26(29)27-14-19-9-20(15-27)11-21(10-19)16-27/h2-8,12-13,19-21H,9-11,14-16H2,1H3/b23-12-. The number of carbonyl (C=O) groups is 1. The summed E-state index contributed by atoms with van der Waals surface area (Å²) in [5.74, 6) is 3.37. The third kappa shape index (κ3) is 3.85. The summed E-state index contributed by atoms with van der Waals surface area (Å²) in [7, 11) is 1.62. The lowest BCUT2D eigenvalue weighted by atomic mass is 9.49. The van der Waals surface area contributed by atoms with Gasteiger partial charge in [-0.15, -0.1) is 0 Å². The minimum Gasteiger partial charge on any atom is -0.497 e. The minimum absolute atomic E-state index is 0.0524. The van der Waals surface area contributed by atoms with Crippen molar-refractivity contribution in [3.05, 3.63) is 59.7 Å². The van der Waals surface area contributed by atoms with E-state index in [0.29, 0.717) is 29.1 Å². The van der Waals surface area contributed by atoms with Gasteiger partial charge in [0.1, 0.15) is 11.5 Å².